The largest absolute Gasteiger partial charge is 0.378 e. The lowest BCUT2D eigenvalue weighted by Crippen LogP contribution is -2.40. The number of halogens is 4. The number of aromatic nitrogens is 3. The molecule has 2 aromatic heterocycles. The van der Waals surface area contributed by atoms with E-state index in [4.69, 9.17) is 10.5 Å². The standard InChI is InChI=1S/C25H27F3N6O2.ClH/c1-25(2)13-15(3-5-17(25)24(35)31-9-12-36-11-7-29)33-22-23-32-14-19(34(23)10-8-30-22)16-4-6-18(26)21(28)20(16)27;/h3-6,8,10,13-14,17H,7,9,11-12,29H2,1-2H3,(H,30,33)(H,31,35);1H. The lowest BCUT2D eigenvalue weighted by atomic mass is 9.75. The molecule has 1 aliphatic carbocycles. The molecule has 0 aliphatic heterocycles. The molecule has 3 aromatic rings. The van der Waals surface area contributed by atoms with E-state index in [0.29, 0.717) is 43.5 Å². The number of nitrogens with one attached hydrogen (secondary N) is 2. The van der Waals surface area contributed by atoms with Crippen molar-refractivity contribution in [1.29, 1.82) is 0 Å². The van der Waals surface area contributed by atoms with E-state index in [2.05, 4.69) is 20.6 Å². The summed E-state index contributed by atoms with van der Waals surface area (Å²) in [4.78, 5) is 21.3. The van der Waals surface area contributed by atoms with Gasteiger partial charge < -0.3 is 21.1 Å². The molecule has 2 heterocycles. The Morgan fingerprint density at radius 2 is 1.97 bits per heavy atom. The molecule has 1 aliphatic rings. The van der Waals surface area contributed by atoms with Crippen LogP contribution in [0.25, 0.3) is 16.9 Å². The van der Waals surface area contributed by atoms with E-state index in [1.807, 2.05) is 26.0 Å². The van der Waals surface area contributed by atoms with Gasteiger partial charge in [-0.15, -0.1) is 12.4 Å². The number of ether oxygens (including phenoxy) is 1. The smallest absolute Gasteiger partial charge is 0.227 e. The monoisotopic (exact) mass is 536 g/mol. The normalized spacial score (nSPS) is 16.3. The second-order valence-corrected chi connectivity index (χ2v) is 8.91. The first-order valence-electron chi connectivity index (χ1n) is 11.4. The molecule has 8 nitrogen and oxygen atoms in total. The average molecular weight is 537 g/mol. The summed E-state index contributed by atoms with van der Waals surface area (Å²) in [6, 6.07) is 2.03. The maximum Gasteiger partial charge on any atom is 0.227 e. The summed E-state index contributed by atoms with van der Waals surface area (Å²) in [6.07, 6.45) is 9.92. The summed E-state index contributed by atoms with van der Waals surface area (Å²) in [5.74, 6) is -4.24. The highest BCUT2D eigenvalue weighted by Crippen LogP contribution is 2.36. The topological polar surface area (TPSA) is 107 Å². The van der Waals surface area contributed by atoms with Crippen molar-refractivity contribution in [3.8, 4) is 11.3 Å². The molecule has 198 valence electrons. The van der Waals surface area contributed by atoms with Crippen molar-refractivity contribution in [3.05, 3.63) is 72.1 Å². The predicted molar refractivity (Wildman–Crippen MR) is 137 cm³/mol. The number of amides is 1. The van der Waals surface area contributed by atoms with Gasteiger partial charge in [0.15, 0.2) is 28.9 Å². The predicted octanol–water partition coefficient (Wildman–Crippen LogP) is 3.83. The van der Waals surface area contributed by atoms with E-state index in [1.54, 1.807) is 12.3 Å². The third kappa shape index (κ3) is 5.95. The van der Waals surface area contributed by atoms with E-state index in [-0.39, 0.29) is 29.6 Å². The van der Waals surface area contributed by atoms with Crippen molar-refractivity contribution in [2.75, 3.05) is 31.6 Å². The van der Waals surface area contributed by atoms with Crippen LogP contribution in [0, 0.1) is 28.8 Å². The van der Waals surface area contributed by atoms with Gasteiger partial charge in [-0.3, -0.25) is 9.20 Å². The van der Waals surface area contributed by atoms with Gasteiger partial charge in [0, 0.05) is 36.7 Å². The second-order valence-electron chi connectivity index (χ2n) is 8.91. The van der Waals surface area contributed by atoms with Crippen LogP contribution in [-0.4, -0.2) is 46.6 Å². The number of benzene rings is 1. The van der Waals surface area contributed by atoms with Crippen molar-refractivity contribution in [1.82, 2.24) is 19.7 Å². The van der Waals surface area contributed by atoms with Gasteiger partial charge in [0.25, 0.3) is 0 Å². The molecular weight excluding hydrogens is 509 g/mol. The van der Waals surface area contributed by atoms with Crippen molar-refractivity contribution in [2.24, 2.45) is 17.1 Å². The summed E-state index contributed by atoms with van der Waals surface area (Å²) in [6.45, 7) is 5.54. The highest BCUT2D eigenvalue weighted by atomic mass is 35.5. The van der Waals surface area contributed by atoms with Gasteiger partial charge in [-0.25, -0.2) is 23.1 Å². The van der Waals surface area contributed by atoms with Gasteiger partial charge in [-0.1, -0.05) is 26.0 Å². The molecule has 0 radical (unpaired) electrons. The highest BCUT2D eigenvalue weighted by molar-refractivity contribution is 5.85. The fraction of sp³-hybridized carbons (Fsp3) is 0.320. The zero-order valence-corrected chi connectivity index (χ0v) is 21.1. The molecule has 4 N–H and O–H groups in total. The summed E-state index contributed by atoms with van der Waals surface area (Å²) >= 11 is 0. The number of imidazole rings is 1. The zero-order chi connectivity index (χ0) is 25.9. The van der Waals surface area contributed by atoms with Crippen molar-refractivity contribution < 1.29 is 22.7 Å². The molecule has 0 fully saturated rings. The molecule has 0 spiro atoms. The summed E-state index contributed by atoms with van der Waals surface area (Å²) < 4.78 is 48.4. The molecule has 1 aromatic carbocycles. The molecule has 0 saturated heterocycles. The lowest BCUT2D eigenvalue weighted by molar-refractivity contribution is -0.126. The first kappa shape index (κ1) is 28.2. The first-order valence-corrected chi connectivity index (χ1v) is 11.4. The number of anilines is 1. The Hall–Kier alpha value is -3.41. The Morgan fingerprint density at radius 3 is 2.70 bits per heavy atom. The SMILES string of the molecule is CC1(C)C=C(Nc2nccn3c(-c4ccc(F)c(F)c4F)cnc23)C=CC1C(=O)NCCOCCN.Cl. The summed E-state index contributed by atoms with van der Waals surface area (Å²) in [5.41, 5.74) is 6.04. The number of carbonyl (C=O) groups excluding carboxylic acids is 1. The number of nitrogens with two attached hydrogens (primary N) is 1. The minimum Gasteiger partial charge on any atom is -0.378 e. The van der Waals surface area contributed by atoms with Crippen molar-refractivity contribution in [2.45, 2.75) is 13.8 Å². The first-order chi connectivity index (χ1) is 17.2. The quantitative estimate of drug-likeness (QED) is 0.283. The Kier molecular flexibility index (Phi) is 8.95. The van der Waals surface area contributed by atoms with Crippen molar-refractivity contribution >= 4 is 29.8 Å². The van der Waals surface area contributed by atoms with Crippen LogP contribution in [0.15, 0.2) is 54.6 Å². The Bertz CT molecular complexity index is 1340. The molecular formula is C25H28ClF3N6O2. The molecule has 1 unspecified atom stereocenters. The minimum absolute atomic E-state index is 0. The van der Waals surface area contributed by atoms with Crippen LogP contribution >= 0.6 is 12.4 Å². The number of hydrogen-bond donors (Lipinski definition) is 3. The fourth-order valence-electron chi connectivity index (χ4n) is 4.10. The van der Waals surface area contributed by atoms with Crippen LogP contribution in [0.4, 0.5) is 19.0 Å². The third-order valence-electron chi connectivity index (χ3n) is 5.89. The number of nitrogens with zero attached hydrogens (tertiary/aromatic N) is 3. The highest BCUT2D eigenvalue weighted by Gasteiger charge is 2.34. The fourth-order valence-corrected chi connectivity index (χ4v) is 4.10. The Labute approximate surface area is 218 Å². The number of hydrogen-bond acceptors (Lipinski definition) is 6. The van der Waals surface area contributed by atoms with Gasteiger partial charge in [0.05, 0.1) is 31.0 Å². The van der Waals surface area contributed by atoms with E-state index >= 15 is 0 Å². The number of allylic oxidation sites excluding steroid dienone is 2. The van der Waals surface area contributed by atoms with Crippen LogP contribution in [0.1, 0.15) is 13.8 Å². The van der Waals surface area contributed by atoms with Crippen LogP contribution in [0.2, 0.25) is 0 Å². The maximum absolute atomic E-state index is 14.4. The van der Waals surface area contributed by atoms with E-state index in [1.165, 1.54) is 16.8 Å². The van der Waals surface area contributed by atoms with Gasteiger partial charge >= 0.3 is 0 Å². The molecule has 0 bridgehead atoms. The molecule has 37 heavy (non-hydrogen) atoms. The Morgan fingerprint density at radius 1 is 1.19 bits per heavy atom. The van der Waals surface area contributed by atoms with Crippen LogP contribution in [-0.2, 0) is 9.53 Å². The molecule has 4 rings (SSSR count). The molecule has 0 saturated carbocycles. The average Bonchev–Trinajstić information content (AvgIpc) is 3.27. The Balaban J connectivity index is 0.00000380. The molecule has 12 heteroatoms. The number of rotatable bonds is 9. The third-order valence-corrected chi connectivity index (χ3v) is 5.89. The van der Waals surface area contributed by atoms with Crippen molar-refractivity contribution in [3.63, 3.8) is 0 Å². The lowest BCUT2D eigenvalue weighted by Gasteiger charge is -2.32. The van der Waals surface area contributed by atoms with Crippen LogP contribution in [0.3, 0.4) is 0 Å². The van der Waals surface area contributed by atoms with Gasteiger partial charge in [0.2, 0.25) is 5.91 Å². The second kappa shape index (κ2) is 11.8. The van der Waals surface area contributed by atoms with E-state index in [0.717, 1.165) is 12.1 Å². The van der Waals surface area contributed by atoms with E-state index in [9.17, 15) is 18.0 Å². The molecule has 1 amide bonds. The minimum atomic E-state index is -1.55. The summed E-state index contributed by atoms with van der Waals surface area (Å²) in [7, 11) is 0. The number of fused-ring (bicyclic) bond motifs is 1. The van der Waals surface area contributed by atoms with Gasteiger partial charge in [-0.2, -0.15) is 0 Å². The summed E-state index contributed by atoms with van der Waals surface area (Å²) in [5, 5.41) is 6.07. The van der Waals surface area contributed by atoms with Crippen LogP contribution < -0.4 is 16.4 Å². The van der Waals surface area contributed by atoms with Gasteiger partial charge in [0.1, 0.15) is 0 Å². The zero-order valence-electron chi connectivity index (χ0n) is 20.3. The van der Waals surface area contributed by atoms with E-state index < -0.39 is 28.8 Å². The van der Waals surface area contributed by atoms with Gasteiger partial charge in [-0.05, 0) is 23.6 Å². The maximum atomic E-state index is 14.4. The van der Waals surface area contributed by atoms with Crippen LogP contribution in [0.5, 0.6) is 0 Å². The number of carbonyl (C=O) groups is 1. The molecule has 1 atom stereocenters.